The van der Waals surface area contributed by atoms with E-state index in [1.807, 2.05) is 31.2 Å². The highest BCUT2D eigenvalue weighted by Gasteiger charge is 2.02. The van der Waals surface area contributed by atoms with Gasteiger partial charge in [0.1, 0.15) is 6.10 Å². The smallest absolute Gasteiger partial charge is 0.100 e. The fraction of sp³-hybridized carbons (Fsp3) is 0.455. The van der Waals surface area contributed by atoms with Crippen molar-refractivity contribution >= 4 is 0 Å². The van der Waals surface area contributed by atoms with Crippen molar-refractivity contribution in [3.05, 3.63) is 35.4 Å². The van der Waals surface area contributed by atoms with E-state index in [2.05, 4.69) is 0 Å². The molecule has 1 aromatic rings. The maximum atomic E-state index is 9.03. The molecule has 0 aliphatic heterocycles. The molecule has 0 aromatic heterocycles. The average molecular weight is 196 g/mol. The van der Waals surface area contributed by atoms with Crippen molar-refractivity contribution < 1.29 is 14.9 Å². The lowest BCUT2D eigenvalue weighted by Crippen LogP contribution is -2.19. The van der Waals surface area contributed by atoms with Crippen LogP contribution in [0.25, 0.3) is 0 Å². The van der Waals surface area contributed by atoms with Crippen LogP contribution in [0.1, 0.15) is 11.1 Å². The van der Waals surface area contributed by atoms with Crippen LogP contribution in [0.3, 0.4) is 0 Å². The minimum atomic E-state index is -0.779. The molecule has 0 unspecified atom stereocenters. The van der Waals surface area contributed by atoms with E-state index >= 15 is 0 Å². The molecule has 0 amide bonds. The van der Waals surface area contributed by atoms with Crippen LogP contribution in [-0.4, -0.2) is 29.5 Å². The largest absolute Gasteiger partial charge is 0.394 e. The van der Waals surface area contributed by atoms with Crippen LogP contribution in [0.15, 0.2) is 24.3 Å². The number of hydrogen-bond donors (Lipinski definition) is 2. The fourth-order valence-corrected chi connectivity index (χ4v) is 1.13. The first-order valence-corrected chi connectivity index (χ1v) is 4.65. The molecule has 0 fully saturated rings. The van der Waals surface area contributed by atoms with Gasteiger partial charge < -0.3 is 14.9 Å². The number of aliphatic hydroxyl groups is 2. The maximum absolute atomic E-state index is 9.03. The molecule has 14 heavy (non-hydrogen) atoms. The van der Waals surface area contributed by atoms with Crippen molar-refractivity contribution in [1.82, 2.24) is 0 Å². The maximum Gasteiger partial charge on any atom is 0.100 e. The van der Waals surface area contributed by atoms with E-state index in [-0.39, 0.29) is 13.2 Å². The Morgan fingerprint density at radius 2 is 2.07 bits per heavy atom. The summed E-state index contributed by atoms with van der Waals surface area (Å²) < 4.78 is 5.24. The van der Waals surface area contributed by atoms with E-state index in [4.69, 9.17) is 14.9 Å². The molecular formula is C11H16O3. The molecular weight excluding hydrogens is 180 g/mol. The summed E-state index contributed by atoms with van der Waals surface area (Å²) in [5, 5.41) is 17.6. The lowest BCUT2D eigenvalue weighted by molar-refractivity contribution is -0.0000947. The van der Waals surface area contributed by atoms with Crippen molar-refractivity contribution in [3.63, 3.8) is 0 Å². The predicted molar refractivity (Wildman–Crippen MR) is 53.9 cm³/mol. The summed E-state index contributed by atoms with van der Waals surface area (Å²) >= 11 is 0. The van der Waals surface area contributed by atoms with Gasteiger partial charge in [0.25, 0.3) is 0 Å². The highest BCUT2D eigenvalue weighted by Crippen LogP contribution is 2.08. The first-order chi connectivity index (χ1) is 6.74. The zero-order valence-corrected chi connectivity index (χ0v) is 8.31. The Hall–Kier alpha value is -0.900. The van der Waals surface area contributed by atoms with Gasteiger partial charge in [-0.25, -0.2) is 0 Å². The number of aliphatic hydroxyl groups excluding tert-OH is 2. The summed E-state index contributed by atoms with van der Waals surface area (Å²) in [6.45, 7) is 2.41. The van der Waals surface area contributed by atoms with Gasteiger partial charge in [0.05, 0.1) is 19.8 Å². The van der Waals surface area contributed by atoms with Crippen molar-refractivity contribution in [2.45, 2.75) is 19.6 Å². The van der Waals surface area contributed by atoms with E-state index in [9.17, 15) is 0 Å². The van der Waals surface area contributed by atoms with Gasteiger partial charge >= 0.3 is 0 Å². The van der Waals surface area contributed by atoms with Gasteiger partial charge in [-0.2, -0.15) is 0 Å². The van der Waals surface area contributed by atoms with Crippen LogP contribution in [0.4, 0.5) is 0 Å². The van der Waals surface area contributed by atoms with Crippen LogP contribution >= 0.6 is 0 Å². The molecule has 1 rings (SSSR count). The molecule has 0 heterocycles. The normalized spacial score (nSPS) is 12.8. The summed E-state index contributed by atoms with van der Waals surface area (Å²) in [7, 11) is 0. The van der Waals surface area contributed by atoms with Crippen LogP contribution in [-0.2, 0) is 11.3 Å². The van der Waals surface area contributed by atoms with Crippen LogP contribution in [0.5, 0.6) is 0 Å². The molecule has 0 bridgehead atoms. The standard InChI is InChI=1S/C11H16O3/c1-9-4-2-3-5-10(9)7-14-8-11(13)6-12/h2-5,11-13H,6-8H2,1H3/t11-/m1/s1. The number of benzene rings is 1. The van der Waals surface area contributed by atoms with Crippen molar-refractivity contribution in [1.29, 1.82) is 0 Å². The minimum absolute atomic E-state index is 0.171. The molecule has 0 saturated heterocycles. The third-order valence-corrected chi connectivity index (χ3v) is 2.04. The number of rotatable bonds is 5. The van der Waals surface area contributed by atoms with E-state index < -0.39 is 6.10 Å². The monoisotopic (exact) mass is 196 g/mol. The SMILES string of the molecule is Cc1ccccc1COC[C@H](O)CO. The van der Waals surface area contributed by atoms with Gasteiger partial charge in [-0.1, -0.05) is 24.3 Å². The van der Waals surface area contributed by atoms with Crippen LogP contribution < -0.4 is 0 Å². The van der Waals surface area contributed by atoms with Gasteiger partial charge in [-0.15, -0.1) is 0 Å². The molecule has 0 aliphatic carbocycles. The van der Waals surface area contributed by atoms with Crippen LogP contribution in [0.2, 0.25) is 0 Å². The molecule has 0 aliphatic rings. The topological polar surface area (TPSA) is 49.7 Å². The minimum Gasteiger partial charge on any atom is -0.394 e. The Balaban J connectivity index is 2.35. The molecule has 2 N–H and O–H groups in total. The fourth-order valence-electron chi connectivity index (χ4n) is 1.13. The number of aryl methyl sites for hydroxylation is 1. The van der Waals surface area contributed by atoms with Crippen molar-refractivity contribution in [2.24, 2.45) is 0 Å². The van der Waals surface area contributed by atoms with Gasteiger partial charge in [0, 0.05) is 0 Å². The number of hydrogen-bond acceptors (Lipinski definition) is 3. The number of ether oxygens (including phenoxy) is 1. The second kappa shape index (κ2) is 5.75. The average Bonchev–Trinajstić information content (AvgIpc) is 2.20. The third kappa shape index (κ3) is 3.46. The summed E-state index contributed by atoms with van der Waals surface area (Å²) in [6, 6.07) is 7.93. The van der Waals surface area contributed by atoms with Crippen LogP contribution in [0, 0.1) is 6.92 Å². The highest BCUT2D eigenvalue weighted by molar-refractivity contribution is 5.24. The third-order valence-electron chi connectivity index (χ3n) is 2.04. The Bertz CT molecular complexity index is 273. The highest BCUT2D eigenvalue weighted by atomic mass is 16.5. The van der Waals surface area contributed by atoms with E-state index in [0.717, 1.165) is 5.56 Å². The Morgan fingerprint density at radius 3 is 2.71 bits per heavy atom. The molecule has 1 atom stereocenters. The van der Waals surface area contributed by atoms with Crippen molar-refractivity contribution in [3.8, 4) is 0 Å². The first kappa shape index (κ1) is 11.2. The van der Waals surface area contributed by atoms with E-state index in [0.29, 0.717) is 6.61 Å². The lowest BCUT2D eigenvalue weighted by atomic mass is 10.1. The molecule has 0 saturated carbocycles. The molecule has 3 heteroatoms. The van der Waals surface area contributed by atoms with E-state index in [1.165, 1.54) is 5.56 Å². The van der Waals surface area contributed by atoms with Gasteiger partial charge in [0.15, 0.2) is 0 Å². The first-order valence-electron chi connectivity index (χ1n) is 4.65. The summed E-state index contributed by atoms with van der Waals surface area (Å²) in [5.74, 6) is 0. The quantitative estimate of drug-likeness (QED) is 0.734. The van der Waals surface area contributed by atoms with Crippen molar-refractivity contribution in [2.75, 3.05) is 13.2 Å². The second-order valence-electron chi connectivity index (χ2n) is 3.28. The van der Waals surface area contributed by atoms with Gasteiger partial charge in [-0.05, 0) is 18.1 Å². The molecule has 1 aromatic carbocycles. The van der Waals surface area contributed by atoms with Gasteiger partial charge in [-0.3, -0.25) is 0 Å². The van der Waals surface area contributed by atoms with Gasteiger partial charge in [0.2, 0.25) is 0 Å². The second-order valence-corrected chi connectivity index (χ2v) is 3.28. The Kier molecular flexibility index (Phi) is 4.59. The predicted octanol–water partition coefficient (Wildman–Crippen LogP) is 0.865. The molecule has 78 valence electrons. The molecule has 3 nitrogen and oxygen atoms in total. The lowest BCUT2D eigenvalue weighted by Gasteiger charge is -2.09. The summed E-state index contributed by atoms with van der Waals surface area (Å²) in [4.78, 5) is 0. The Morgan fingerprint density at radius 1 is 1.36 bits per heavy atom. The molecule has 0 spiro atoms. The Labute approximate surface area is 84.0 Å². The zero-order valence-electron chi connectivity index (χ0n) is 8.31. The molecule has 0 radical (unpaired) electrons. The summed E-state index contributed by atoms with van der Waals surface area (Å²) in [5.41, 5.74) is 2.28. The summed E-state index contributed by atoms with van der Waals surface area (Å²) in [6.07, 6.45) is -0.779. The zero-order chi connectivity index (χ0) is 10.4. The van der Waals surface area contributed by atoms with E-state index in [1.54, 1.807) is 0 Å².